The van der Waals surface area contributed by atoms with E-state index in [1.165, 1.54) is 25.7 Å². The van der Waals surface area contributed by atoms with Crippen LogP contribution in [-0.4, -0.2) is 39.4 Å². The van der Waals surface area contributed by atoms with Gasteiger partial charge >= 0.3 is 0 Å². The predicted octanol–water partition coefficient (Wildman–Crippen LogP) is 5.08. The third-order valence-electron chi connectivity index (χ3n) is 5.96. The molecule has 0 bridgehead atoms. The summed E-state index contributed by atoms with van der Waals surface area (Å²) < 4.78 is 11.4. The molecule has 1 saturated heterocycles. The van der Waals surface area contributed by atoms with E-state index in [0.29, 0.717) is 18.3 Å². The van der Waals surface area contributed by atoms with Crippen LogP contribution in [0.3, 0.4) is 0 Å². The van der Waals surface area contributed by atoms with E-state index in [1.54, 1.807) is 4.90 Å². The molecule has 1 aromatic heterocycles. The van der Waals surface area contributed by atoms with Crippen LogP contribution in [0.25, 0.3) is 22.2 Å². The van der Waals surface area contributed by atoms with Crippen molar-refractivity contribution in [1.29, 1.82) is 0 Å². The third kappa shape index (κ3) is 4.95. The molecular weight excluding hydrogens is 406 g/mol. The van der Waals surface area contributed by atoms with E-state index < -0.39 is 0 Å². The van der Waals surface area contributed by atoms with Gasteiger partial charge in [0.05, 0.1) is 6.61 Å². The Labute approximate surface area is 188 Å². The fourth-order valence-corrected chi connectivity index (χ4v) is 4.19. The molecule has 2 heterocycles. The minimum atomic E-state index is -0.172. The first-order valence-corrected chi connectivity index (χ1v) is 11.4. The molecule has 8 nitrogen and oxygen atoms in total. The van der Waals surface area contributed by atoms with Gasteiger partial charge in [-0.05, 0) is 48.2 Å². The van der Waals surface area contributed by atoms with Gasteiger partial charge in [0.2, 0.25) is 17.7 Å². The third-order valence-corrected chi connectivity index (χ3v) is 5.96. The lowest BCUT2D eigenvalue weighted by molar-refractivity contribution is 0.263. The van der Waals surface area contributed by atoms with E-state index in [1.807, 2.05) is 18.2 Å². The number of nitrogens with zero attached hydrogens (tertiary/aromatic N) is 4. The smallest absolute Gasteiger partial charge is 0.249 e. The molecule has 0 saturated carbocycles. The average molecular weight is 438 g/mol. The van der Waals surface area contributed by atoms with Gasteiger partial charge in [-0.3, -0.25) is 0 Å². The van der Waals surface area contributed by atoms with Gasteiger partial charge < -0.3 is 25.1 Å². The van der Waals surface area contributed by atoms with Crippen molar-refractivity contribution < 1.29 is 14.5 Å². The summed E-state index contributed by atoms with van der Waals surface area (Å²) in [6.07, 6.45) is 7.86. The number of ether oxygens (including phenoxy) is 1. The minimum Gasteiger partial charge on any atom is -0.494 e. The fourth-order valence-electron chi connectivity index (χ4n) is 4.19. The second-order valence-electron chi connectivity index (χ2n) is 8.25. The van der Waals surface area contributed by atoms with Gasteiger partial charge in [-0.25, -0.2) is 0 Å². The van der Waals surface area contributed by atoms with Crippen molar-refractivity contribution in [3.8, 4) is 17.1 Å². The molecule has 0 amide bonds. The normalized spacial score (nSPS) is 16.7. The zero-order chi connectivity index (χ0) is 22.3. The molecule has 3 N–H and O–H groups in total. The molecule has 4 rings (SSSR count). The summed E-state index contributed by atoms with van der Waals surface area (Å²) in [5.74, 6) is 1.97. The summed E-state index contributed by atoms with van der Waals surface area (Å²) >= 11 is 0. The Bertz CT molecular complexity index is 1060. The molecule has 0 radical (unpaired) electrons. The van der Waals surface area contributed by atoms with Crippen molar-refractivity contribution >= 4 is 16.7 Å². The minimum absolute atomic E-state index is 0.0666. The number of nitrogens with two attached hydrogens (primary N) is 1. The lowest BCUT2D eigenvalue weighted by atomic mass is 10.1. The summed E-state index contributed by atoms with van der Waals surface area (Å²) in [5, 5.41) is 18.5. The standard InChI is InChI=1S/C24H31N5O3/c1-2-3-4-5-6-14-31-20-12-11-17-15-19(10-9-18(17)16-20)22-26-23(32-28-22)21-8-7-13-29(21)24(25)27-30/h9-12,15-16,21,30H,2-8,13-14H2,1H3,(H2,25,27)/t21-/m0/s1. The molecule has 2 aromatic carbocycles. The number of fused-ring (bicyclic) bond motifs is 1. The molecule has 0 aliphatic carbocycles. The van der Waals surface area contributed by atoms with E-state index in [4.69, 9.17) is 20.2 Å². The van der Waals surface area contributed by atoms with Crippen LogP contribution in [-0.2, 0) is 0 Å². The Balaban J connectivity index is 1.43. The first-order chi connectivity index (χ1) is 15.7. The number of aromatic nitrogens is 2. The lowest BCUT2D eigenvalue weighted by Gasteiger charge is -2.21. The van der Waals surface area contributed by atoms with E-state index in [-0.39, 0.29) is 12.0 Å². The second kappa shape index (κ2) is 10.3. The van der Waals surface area contributed by atoms with Gasteiger partial charge in [-0.2, -0.15) is 4.98 Å². The largest absolute Gasteiger partial charge is 0.494 e. The maximum absolute atomic E-state index is 9.00. The maximum Gasteiger partial charge on any atom is 0.249 e. The molecule has 1 fully saturated rings. The first kappa shape index (κ1) is 21.9. The Morgan fingerprint density at radius 1 is 1.19 bits per heavy atom. The summed E-state index contributed by atoms with van der Waals surface area (Å²) in [5.41, 5.74) is 6.66. The van der Waals surface area contributed by atoms with Crippen molar-refractivity contribution in [2.75, 3.05) is 13.2 Å². The lowest BCUT2D eigenvalue weighted by Crippen LogP contribution is -2.36. The number of hydrogen-bond donors (Lipinski definition) is 2. The van der Waals surface area contributed by atoms with Crippen molar-refractivity contribution in [1.82, 2.24) is 15.0 Å². The number of rotatable bonds is 9. The Kier molecular flexibility index (Phi) is 7.09. The highest BCUT2D eigenvalue weighted by molar-refractivity contribution is 5.87. The van der Waals surface area contributed by atoms with Crippen molar-refractivity contribution in [3.63, 3.8) is 0 Å². The Morgan fingerprint density at radius 2 is 2.00 bits per heavy atom. The molecule has 1 aliphatic heterocycles. The highest BCUT2D eigenvalue weighted by atomic mass is 16.5. The van der Waals surface area contributed by atoms with Gasteiger partial charge in [0, 0.05) is 12.1 Å². The molecule has 8 heteroatoms. The number of unbranched alkanes of at least 4 members (excludes halogenated alkanes) is 4. The number of guanidine groups is 1. The summed E-state index contributed by atoms with van der Waals surface area (Å²) in [7, 11) is 0. The van der Waals surface area contributed by atoms with Crippen LogP contribution in [0.5, 0.6) is 5.75 Å². The van der Waals surface area contributed by atoms with Crippen LogP contribution in [0.2, 0.25) is 0 Å². The monoisotopic (exact) mass is 437 g/mol. The highest BCUT2D eigenvalue weighted by Crippen LogP contribution is 2.32. The quantitative estimate of drug-likeness (QED) is 0.158. The van der Waals surface area contributed by atoms with Gasteiger partial charge in [0.15, 0.2) is 0 Å². The predicted molar refractivity (Wildman–Crippen MR) is 124 cm³/mol. The SMILES string of the molecule is CCCCCCCOc1ccc2cc(-c3noc([C@@H]4CCCN4/C(N)=N\O)n3)ccc2c1. The van der Waals surface area contributed by atoms with Crippen molar-refractivity contribution in [2.45, 2.75) is 57.9 Å². The number of benzene rings is 2. The molecule has 170 valence electrons. The molecule has 1 atom stereocenters. The van der Waals surface area contributed by atoms with Gasteiger partial charge in [-0.15, -0.1) is 0 Å². The van der Waals surface area contributed by atoms with Crippen LogP contribution < -0.4 is 10.5 Å². The van der Waals surface area contributed by atoms with Crippen LogP contribution in [0.1, 0.15) is 63.8 Å². The summed E-state index contributed by atoms with van der Waals surface area (Å²) in [4.78, 5) is 6.37. The average Bonchev–Trinajstić information content (AvgIpc) is 3.50. The number of hydrogen-bond acceptors (Lipinski definition) is 6. The van der Waals surface area contributed by atoms with E-state index in [9.17, 15) is 0 Å². The van der Waals surface area contributed by atoms with Gasteiger partial charge in [0.1, 0.15) is 11.8 Å². The molecule has 0 unspecified atom stereocenters. The zero-order valence-corrected chi connectivity index (χ0v) is 18.5. The highest BCUT2D eigenvalue weighted by Gasteiger charge is 2.32. The molecular formula is C24H31N5O3. The Hall–Kier alpha value is -3.29. The molecule has 1 aliphatic rings. The van der Waals surface area contributed by atoms with Crippen molar-refractivity contribution in [3.05, 3.63) is 42.3 Å². The van der Waals surface area contributed by atoms with E-state index in [0.717, 1.165) is 48.0 Å². The number of likely N-dealkylation sites (tertiary alicyclic amines) is 1. The van der Waals surface area contributed by atoms with E-state index in [2.05, 4.69) is 40.4 Å². The maximum atomic E-state index is 9.00. The zero-order valence-electron chi connectivity index (χ0n) is 18.5. The number of oxime groups is 1. The van der Waals surface area contributed by atoms with Gasteiger partial charge in [-0.1, -0.05) is 61.1 Å². The van der Waals surface area contributed by atoms with E-state index >= 15 is 0 Å². The Morgan fingerprint density at radius 3 is 2.84 bits per heavy atom. The molecule has 0 spiro atoms. The second-order valence-corrected chi connectivity index (χ2v) is 8.25. The van der Waals surface area contributed by atoms with Gasteiger partial charge in [0.25, 0.3) is 0 Å². The molecule has 32 heavy (non-hydrogen) atoms. The topological polar surface area (TPSA) is 110 Å². The summed E-state index contributed by atoms with van der Waals surface area (Å²) in [6, 6.07) is 12.1. The molecule has 3 aromatic rings. The van der Waals surface area contributed by atoms with Crippen LogP contribution in [0.4, 0.5) is 0 Å². The van der Waals surface area contributed by atoms with Crippen LogP contribution >= 0.6 is 0 Å². The fraction of sp³-hybridized carbons (Fsp3) is 0.458. The van der Waals surface area contributed by atoms with Crippen LogP contribution in [0, 0.1) is 0 Å². The van der Waals surface area contributed by atoms with Crippen molar-refractivity contribution in [2.24, 2.45) is 10.9 Å². The van der Waals surface area contributed by atoms with Crippen LogP contribution in [0.15, 0.2) is 46.1 Å². The first-order valence-electron chi connectivity index (χ1n) is 11.4. The summed E-state index contributed by atoms with van der Waals surface area (Å²) in [6.45, 7) is 3.67.